The maximum Gasteiger partial charge on any atom is 0.244 e. The molecule has 0 bridgehead atoms. The highest BCUT2D eigenvalue weighted by Crippen LogP contribution is 2.22. The molecule has 1 aromatic heterocycles. The summed E-state index contributed by atoms with van der Waals surface area (Å²) in [7, 11) is 0. The zero-order valence-corrected chi connectivity index (χ0v) is 13.8. The summed E-state index contributed by atoms with van der Waals surface area (Å²) >= 11 is 0. The number of amides is 1. The number of hydrogen-bond donors (Lipinski definition) is 1. The van der Waals surface area contributed by atoms with Gasteiger partial charge in [0.15, 0.2) is 0 Å². The third-order valence-corrected chi connectivity index (χ3v) is 4.08. The Kier molecular flexibility index (Phi) is 4.20. The molecule has 0 aliphatic heterocycles. The number of carbonyl (C=O) groups excluding carboxylic acids is 1. The first kappa shape index (κ1) is 15.3. The van der Waals surface area contributed by atoms with Crippen molar-refractivity contribution in [1.29, 1.82) is 0 Å². The molecule has 0 saturated carbocycles. The predicted octanol–water partition coefficient (Wildman–Crippen LogP) is 4.71. The van der Waals surface area contributed by atoms with E-state index in [0.717, 1.165) is 16.8 Å². The number of nitrogens with one attached hydrogen (secondary N) is 1. The Morgan fingerprint density at radius 2 is 1.96 bits per heavy atom. The van der Waals surface area contributed by atoms with Crippen molar-refractivity contribution >= 4 is 22.5 Å². The van der Waals surface area contributed by atoms with Gasteiger partial charge in [0, 0.05) is 17.4 Å². The number of rotatable bonds is 4. The first-order chi connectivity index (χ1) is 11.0. The summed E-state index contributed by atoms with van der Waals surface area (Å²) in [5.41, 5.74) is 4.39. The third kappa shape index (κ3) is 3.45. The summed E-state index contributed by atoms with van der Waals surface area (Å²) in [4.78, 5) is 12.3. The van der Waals surface area contributed by atoms with Crippen LogP contribution in [0.25, 0.3) is 10.9 Å². The molecule has 0 spiro atoms. The molecule has 0 atom stereocenters. The van der Waals surface area contributed by atoms with Gasteiger partial charge in [0.05, 0.1) is 0 Å². The summed E-state index contributed by atoms with van der Waals surface area (Å²) in [6.45, 7) is 6.71. The Morgan fingerprint density at radius 3 is 2.70 bits per heavy atom. The van der Waals surface area contributed by atoms with Crippen LogP contribution in [-0.2, 0) is 11.3 Å². The van der Waals surface area contributed by atoms with E-state index in [1.807, 2.05) is 42.0 Å². The summed E-state index contributed by atoms with van der Waals surface area (Å²) in [5.74, 6) is 0.494. The first-order valence-electron chi connectivity index (χ1n) is 7.98. The van der Waals surface area contributed by atoms with Crippen molar-refractivity contribution in [3.8, 4) is 0 Å². The fourth-order valence-corrected chi connectivity index (χ4v) is 2.79. The molecule has 3 rings (SSSR count). The van der Waals surface area contributed by atoms with Gasteiger partial charge in [-0.1, -0.05) is 32.0 Å². The number of aromatic nitrogens is 1. The van der Waals surface area contributed by atoms with E-state index < -0.39 is 0 Å². The second-order valence-corrected chi connectivity index (χ2v) is 6.33. The van der Waals surface area contributed by atoms with Gasteiger partial charge in [-0.15, -0.1) is 0 Å². The molecule has 0 saturated heterocycles. The second kappa shape index (κ2) is 6.29. The maximum atomic E-state index is 12.3. The smallest absolute Gasteiger partial charge is 0.244 e. The summed E-state index contributed by atoms with van der Waals surface area (Å²) in [5, 5.41) is 4.14. The zero-order chi connectivity index (χ0) is 16.4. The van der Waals surface area contributed by atoms with E-state index in [0.29, 0.717) is 12.5 Å². The Labute approximate surface area is 136 Å². The van der Waals surface area contributed by atoms with E-state index in [4.69, 9.17) is 0 Å². The lowest BCUT2D eigenvalue weighted by Crippen LogP contribution is -2.18. The molecule has 3 heteroatoms. The van der Waals surface area contributed by atoms with Gasteiger partial charge in [0.25, 0.3) is 0 Å². The van der Waals surface area contributed by atoms with Crippen molar-refractivity contribution in [1.82, 2.24) is 4.57 Å². The van der Waals surface area contributed by atoms with Crippen LogP contribution in [0.15, 0.2) is 54.7 Å². The Hall–Kier alpha value is -2.55. The van der Waals surface area contributed by atoms with Crippen molar-refractivity contribution < 1.29 is 4.79 Å². The van der Waals surface area contributed by atoms with Crippen LogP contribution < -0.4 is 5.32 Å². The van der Waals surface area contributed by atoms with Crippen LogP contribution in [0.2, 0.25) is 0 Å². The van der Waals surface area contributed by atoms with Crippen LogP contribution in [0.4, 0.5) is 5.69 Å². The normalized spacial score (nSPS) is 11.1. The highest BCUT2D eigenvalue weighted by molar-refractivity contribution is 5.92. The van der Waals surface area contributed by atoms with Gasteiger partial charge in [0.1, 0.15) is 6.54 Å². The number of hydrogen-bond acceptors (Lipinski definition) is 1. The zero-order valence-electron chi connectivity index (χ0n) is 13.8. The minimum absolute atomic E-state index is 0.0129. The maximum absolute atomic E-state index is 12.3. The lowest BCUT2D eigenvalue weighted by Gasteiger charge is -2.09. The molecule has 118 valence electrons. The molecule has 0 aliphatic rings. The highest BCUT2D eigenvalue weighted by atomic mass is 16.1. The van der Waals surface area contributed by atoms with Crippen molar-refractivity contribution in [3.05, 3.63) is 65.9 Å². The second-order valence-electron chi connectivity index (χ2n) is 6.33. The number of carbonyl (C=O) groups is 1. The highest BCUT2D eigenvalue weighted by Gasteiger charge is 2.08. The molecule has 0 fully saturated rings. The van der Waals surface area contributed by atoms with Gasteiger partial charge >= 0.3 is 0 Å². The van der Waals surface area contributed by atoms with Crippen molar-refractivity contribution in [2.45, 2.75) is 33.2 Å². The number of nitrogens with zero attached hydrogens (tertiary/aromatic N) is 1. The standard InChI is InChI=1S/C20H22N2O/c1-14(2)16-7-8-19-17(12-16)9-10-22(19)13-20(23)21-18-6-4-5-15(3)11-18/h4-12,14H,13H2,1-3H3,(H,21,23). The quantitative estimate of drug-likeness (QED) is 0.744. The van der Waals surface area contributed by atoms with E-state index in [1.165, 1.54) is 10.9 Å². The minimum Gasteiger partial charge on any atom is -0.338 e. The lowest BCUT2D eigenvalue weighted by atomic mass is 10.0. The molecule has 2 aromatic carbocycles. The van der Waals surface area contributed by atoms with Crippen molar-refractivity contribution in [2.75, 3.05) is 5.32 Å². The van der Waals surface area contributed by atoms with Gasteiger partial charge in [-0.05, 0) is 59.7 Å². The van der Waals surface area contributed by atoms with Gasteiger partial charge < -0.3 is 9.88 Å². The van der Waals surface area contributed by atoms with E-state index in [9.17, 15) is 4.79 Å². The number of fused-ring (bicyclic) bond motifs is 1. The van der Waals surface area contributed by atoms with E-state index >= 15 is 0 Å². The van der Waals surface area contributed by atoms with Crippen LogP contribution in [0, 0.1) is 6.92 Å². The van der Waals surface area contributed by atoms with Crippen LogP contribution >= 0.6 is 0 Å². The van der Waals surface area contributed by atoms with Crippen LogP contribution in [0.3, 0.4) is 0 Å². The fraction of sp³-hybridized carbons (Fsp3) is 0.250. The first-order valence-corrected chi connectivity index (χ1v) is 7.98. The molecule has 3 nitrogen and oxygen atoms in total. The molecule has 0 radical (unpaired) electrons. The predicted molar refractivity (Wildman–Crippen MR) is 95.8 cm³/mol. The molecule has 23 heavy (non-hydrogen) atoms. The van der Waals surface area contributed by atoms with Crippen molar-refractivity contribution in [3.63, 3.8) is 0 Å². The van der Waals surface area contributed by atoms with E-state index in [1.54, 1.807) is 0 Å². The Bertz CT molecular complexity index is 846. The largest absolute Gasteiger partial charge is 0.338 e. The number of aryl methyl sites for hydroxylation is 1. The SMILES string of the molecule is Cc1cccc(NC(=O)Cn2ccc3cc(C(C)C)ccc32)c1. The van der Waals surface area contributed by atoms with Gasteiger partial charge in [-0.25, -0.2) is 0 Å². The summed E-state index contributed by atoms with van der Waals surface area (Å²) in [6.07, 6.45) is 1.98. The average Bonchev–Trinajstić information content (AvgIpc) is 2.89. The molecular formula is C20H22N2O. The molecule has 0 aliphatic carbocycles. The van der Waals surface area contributed by atoms with Crippen LogP contribution in [0.1, 0.15) is 30.9 Å². The van der Waals surface area contributed by atoms with Gasteiger partial charge in [-0.3, -0.25) is 4.79 Å². The Morgan fingerprint density at radius 1 is 1.13 bits per heavy atom. The van der Waals surface area contributed by atoms with Gasteiger partial charge in [-0.2, -0.15) is 0 Å². The minimum atomic E-state index is -0.0129. The molecule has 1 heterocycles. The topological polar surface area (TPSA) is 34.0 Å². The van der Waals surface area contributed by atoms with Crippen LogP contribution in [-0.4, -0.2) is 10.5 Å². The van der Waals surface area contributed by atoms with Gasteiger partial charge in [0.2, 0.25) is 5.91 Å². The monoisotopic (exact) mass is 306 g/mol. The molecule has 0 unspecified atom stereocenters. The van der Waals surface area contributed by atoms with Crippen molar-refractivity contribution in [2.24, 2.45) is 0 Å². The molecule has 3 aromatic rings. The molecule has 1 amide bonds. The fourth-order valence-electron chi connectivity index (χ4n) is 2.79. The molecular weight excluding hydrogens is 284 g/mol. The summed E-state index contributed by atoms with van der Waals surface area (Å²) in [6, 6.07) is 16.4. The third-order valence-electron chi connectivity index (χ3n) is 4.08. The summed E-state index contributed by atoms with van der Waals surface area (Å²) < 4.78 is 1.99. The number of benzene rings is 2. The van der Waals surface area contributed by atoms with E-state index in [-0.39, 0.29) is 5.91 Å². The molecule has 1 N–H and O–H groups in total. The number of anilines is 1. The average molecular weight is 306 g/mol. The Balaban J connectivity index is 1.77. The van der Waals surface area contributed by atoms with Crippen LogP contribution in [0.5, 0.6) is 0 Å². The van der Waals surface area contributed by atoms with E-state index in [2.05, 4.69) is 43.4 Å². The lowest BCUT2D eigenvalue weighted by molar-refractivity contribution is -0.116.